The Labute approximate surface area is 124 Å². The van der Waals surface area contributed by atoms with Crippen LogP contribution in [0.3, 0.4) is 0 Å². The Balaban J connectivity index is 1.89. The van der Waals surface area contributed by atoms with Crippen LogP contribution in [0.1, 0.15) is 18.8 Å². The number of hydrogen-bond acceptors (Lipinski definition) is 3. The van der Waals surface area contributed by atoms with Crippen molar-refractivity contribution in [2.45, 2.75) is 13.0 Å². The van der Waals surface area contributed by atoms with Crippen LogP contribution in [-0.4, -0.2) is 16.7 Å². The summed E-state index contributed by atoms with van der Waals surface area (Å²) in [6.07, 6.45) is 0. The van der Waals surface area contributed by atoms with E-state index in [1.165, 1.54) is 0 Å². The predicted molar refractivity (Wildman–Crippen MR) is 85.7 cm³/mol. The highest BCUT2D eigenvalue weighted by atomic mass is 16.5. The summed E-state index contributed by atoms with van der Waals surface area (Å²) in [6.45, 7) is 2.11. The number of methoxy groups -OCH3 is 1. The maximum absolute atomic E-state index is 5.25. The molecule has 1 heterocycles. The van der Waals surface area contributed by atoms with Gasteiger partial charge in [0.2, 0.25) is 0 Å². The zero-order valence-corrected chi connectivity index (χ0v) is 12.5. The van der Waals surface area contributed by atoms with E-state index >= 15 is 0 Å². The number of aromatic nitrogens is 2. The van der Waals surface area contributed by atoms with Gasteiger partial charge in [-0.2, -0.15) is 0 Å². The van der Waals surface area contributed by atoms with Crippen molar-refractivity contribution >= 4 is 16.7 Å². The lowest BCUT2D eigenvalue weighted by molar-refractivity contribution is 0.415. The molecular formula is C17H19N3O. The zero-order valence-electron chi connectivity index (χ0n) is 12.5. The van der Waals surface area contributed by atoms with Crippen LogP contribution in [-0.2, 0) is 7.05 Å². The summed E-state index contributed by atoms with van der Waals surface area (Å²) in [6, 6.07) is 16.2. The second-order valence-electron chi connectivity index (χ2n) is 5.12. The zero-order chi connectivity index (χ0) is 14.8. The first-order valence-corrected chi connectivity index (χ1v) is 7.01. The molecule has 0 aliphatic carbocycles. The molecule has 0 aliphatic heterocycles. The number of hydrogen-bond donors (Lipinski definition) is 1. The summed E-state index contributed by atoms with van der Waals surface area (Å²) >= 11 is 0. The van der Waals surface area contributed by atoms with Crippen molar-refractivity contribution < 1.29 is 4.74 Å². The van der Waals surface area contributed by atoms with Crippen LogP contribution in [0.4, 0.5) is 5.69 Å². The molecule has 1 aromatic heterocycles. The number of rotatable bonds is 4. The Morgan fingerprint density at radius 1 is 1.14 bits per heavy atom. The van der Waals surface area contributed by atoms with Crippen LogP contribution in [0.25, 0.3) is 11.0 Å². The van der Waals surface area contributed by atoms with Gasteiger partial charge in [-0.15, -0.1) is 0 Å². The lowest BCUT2D eigenvalue weighted by atomic mass is 10.2. The summed E-state index contributed by atoms with van der Waals surface area (Å²) in [5.41, 5.74) is 3.19. The Morgan fingerprint density at radius 3 is 2.71 bits per heavy atom. The molecule has 1 N–H and O–H groups in total. The van der Waals surface area contributed by atoms with Crippen molar-refractivity contribution in [3.63, 3.8) is 0 Å². The molecule has 3 aromatic rings. The van der Waals surface area contributed by atoms with Crippen LogP contribution >= 0.6 is 0 Å². The average Bonchev–Trinajstić information content (AvgIpc) is 2.85. The van der Waals surface area contributed by atoms with Crippen molar-refractivity contribution in [1.82, 2.24) is 9.55 Å². The molecule has 0 saturated heterocycles. The third-order valence-corrected chi connectivity index (χ3v) is 3.66. The number of ether oxygens (including phenoxy) is 1. The lowest BCUT2D eigenvalue weighted by Crippen LogP contribution is -2.12. The number of aryl methyl sites for hydroxylation is 1. The molecule has 4 heteroatoms. The van der Waals surface area contributed by atoms with Crippen LogP contribution in [0.5, 0.6) is 5.75 Å². The van der Waals surface area contributed by atoms with E-state index in [9.17, 15) is 0 Å². The molecular weight excluding hydrogens is 262 g/mol. The third-order valence-electron chi connectivity index (χ3n) is 3.66. The molecule has 0 spiro atoms. The quantitative estimate of drug-likeness (QED) is 0.791. The van der Waals surface area contributed by atoms with Crippen molar-refractivity contribution in [2.75, 3.05) is 12.4 Å². The van der Waals surface area contributed by atoms with Crippen molar-refractivity contribution in [2.24, 2.45) is 7.05 Å². The molecule has 1 unspecified atom stereocenters. The minimum absolute atomic E-state index is 0.106. The van der Waals surface area contributed by atoms with Crippen molar-refractivity contribution in [3.8, 4) is 5.75 Å². The van der Waals surface area contributed by atoms with E-state index in [0.717, 1.165) is 28.3 Å². The topological polar surface area (TPSA) is 39.1 Å². The number of fused-ring (bicyclic) bond motifs is 1. The number of imidazole rings is 1. The van der Waals surface area contributed by atoms with Crippen molar-refractivity contribution in [3.05, 3.63) is 54.4 Å². The molecule has 0 aliphatic rings. The maximum atomic E-state index is 5.25. The fraction of sp³-hybridized carbons (Fsp3) is 0.235. The molecule has 2 aromatic carbocycles. The van der Waals surface area contributed by atoms with Gasteiger partial charge in [0.1, 0.15) is 11.6 Å². The fourth-order valence-corrected chi connectivity index (χ4v) is 2.58. The predicted octanol–water partition coefficient (Wildman–Crippen LogP) is 3.76. The van der Waals surface area contributed by atoms with Crippen LogP contribution < -0.4 is 10.1 Å². The molecule has 0 amide bonds. The maximum Gasteiger partial charge on any atom is 0.131 e. The standard InChI is InChI=1S/C17H19N3O/c1-12(18-13-7-6-8-14(11-13)21-3)17-19-15-9-4-5-10-16(15)20(17)2/h4-12,18H,1-3H3. The summed E-state index contributed by atoms with van der Waals surface area (Å²) in [5, 5.41) is 3.47. The van der Waals surface area contributed by atoms with E-state index in [2.05, 4.69) is 29.9 Å². The van der Waals surface area contributed by atoms with E-state index in [4.69, 9.17) is 9.72 Å². The summed E-state index contributed by atoms with van der Waals surface area (Å²) in [4.78, 5) is 4.72. The van der Waals surface area contributed by atoms with E-state index in [1.807, 2.05) is 42.5 Å². The Morgan fingerprint density at radius 2 is 1.95 bits per heavy atom. The number of para-hydroxylation sites is 2. The fourth-order valence-electron chi connectivity index (χ4n) is 2.58. The SMILES string of the molecule is COc1cccc(NC(C)c2nc3ccccc3n2C)c1. The highest BCUT2D eigenvalue weighted by Crippen LogP contribution is 2.24. The summed E-state index contributed by atoms with van der Waals surface area (Å²) in [7, 11) is 3.72. The molecule has 4 nitrogen and oxygen atoms in total. The number of benzene rings is 2. The van der Waals surface area contributed by atoms with E-state index in [-0.39, 0.29) is 6.04 Å². The largest absolute Gasteiger partial charge is 0.497 e. The van der Waals surface area contributed by atoms with Gasteiger partial charge < -0.3 is 14.6 Å². The highest BCUT2D eigenvalue weighted by Gasteiger charge is 2.14. The third kappa shape index (κ3) is 2.57. The number of nitrogens with one attached hydrogen (secondary N) is 1. The lowest BCUT2D eigenvalue weighted by Gasteiger charge is -2.15. The smallest absolute Gasteiger partial charge is 0.131 e. The van der Waals surface area contributed by atoms with E-state index < -0.39 is 0 Å². The Hall–Kier alpha value is -2.49. The second kappa shape index (κ2) is 5.48. The van der Waals surface area contributed by atoms with Gasteiger partial charge in [-0.1, -0.05) is 18.2 Å². The normalized spacial score (nSPS) is 12.3. The van der Waals surface area contributed by atoms with Crippen LogP contribution in [0.2, 0.25) is 0 Å². The van der Waals surface area contributed by atoms with Gasteiger partial charge in [-0.25, -0.2) is 4.98 Å². The van der Waals surface area contributed by atoms with Crippen molar-refractivity contribution in [1.29, 1.82) is 0 Å². The first-order chi connectivity index (χ1) is 10.2. The molecule has 3 rings (SSSR count). The van der Waals surface area contributed by atoms with Crippen LogP contribution in [0.15, 0.2) is 48.5 Å². The second-order valence-corrected chi connectivity index (χ2v) is 5.12. The van der Waals surface area contributed by atoms with Gasteiger partial charge >= 0.3 is 0 Å². The number of anilines is 1. The van der Waals surface area contributed by atoms with Gasteiger partial charge in [0.05, 0.1) is 24.2 Å². The number of nitrogens with zero attached hydrogens (tertiary/aromatic N) is 2. The van der Waals surface area contributed by atoms with E-state index in [0.29, 0.717) is 0 Å². The first kappa shape index (κ1) is 13.5. The minimum Gasteiger partial charge on any atom is -0.497 e. The molecule has 0 fully saturated rings. The highest BCUT2D eigenvalue weighted by molar-refractivity contribution is 5.76. The van der Waals surface area contributed by atoms with Gasteiger partial charge in [0.25, 0.3) is 0 Å². The first-order valence-electron chi connectivity index (χ1n) is 7.01. The Bertz CT molecular complexity index is 764. The van der Waals surface area contributed by atoms with Gasteiger partial charge in [-0.05, 0) is 31.2 Å². The molecule has 1 atom stereocenters. The Kier molecular flexibility index (Phi) is 3.52. The summed E-state index contributed by atoms with van der Waals surface area (Å²) < 4.78 is 7.39. The minimum atomic E-state index is 0.106. The average molecular weight is 281 g/mol. The van der Waals surface area contributed by atoms with Gasteiger partial charge in [0, 0.05) is 18.8 Å². The summed E-state index contributed by atoms with van der Waals surface area (Å²) in [5.74, 6) is 1.86. The monoisotopic (exact) mass is 281 g/mol. The van der Waals surface area contributed by atoms with Gasteiger partial charge in [0.15, 0.2) is 0 Å². The van der Waals surface area contributed by atoms with Crippen LogP contribution in [0, 0.1) is 0 Å². The molecule has 0 bridgehead atoms. The molecule has 108 valence electrons. The molecule has 21 heavy (non-hydrogen) atoms. The van der Waals surface area contributed by atoms with E-state index in [1.54, 1.807) is 7.11 Å². The molecule has 0 saturated carbocycles. The molecule has 0 radical (unpaired) electrons. The van der Waals surface area contributed by atoms with Gasteiger partial charge in [-0.3, -0.25) is 0 Å².